The van der Waals surface area contributed by atoms with Crippen LogP contribution < -0.4 is 10.1 Å². The Hall–Kier alpha value is -2.62. The minimum absolute atomic E-state index is 0.209. The SMILES string of the molecule is CCCN(CC(=O)Nc1ccc(F)c(F)c1F)C(=O)COc1ccc(F)cc1Br. The van der Waals surface area contributed by atoms with Crippen molar-refractivity contribution in [3.63, 3.8) is 0 Å². The van der Waals surface area contributed by atoms with Gasteiger partial charge in [0.05, 0.1) is 16.7 Å². The summed E-state index contributed by atoms with van der Waals surface area (Å²) in [6.07, 6.45) is 0.527. The largest absolute Gasteiger partial charge is 0.483 e. The van der Waals surface area contributed by atoms with Gasteiger partial charge in [0, 0.05) is 6.54 Å². The Morgan fingerprint density at radius 2 is 1.83 bits per heavy atom. The Bertz CT molecular complexity index is 911. The average Bonchev–Trinajstić information content (AvgIpc) is 2.67. The second-order valence-corrected chi connectivity index (χ2v) is 6.80. The summed E-state index contributed by atoms with van der Waals surface area (Å²) >= 11 is 3.11. The van der Waals surface area contributed by atoms with Crippen molar-refractivity contribution in [3.8, 4) is 5.75 Å². The number of halogens is 5. The van der Waals surface area contributed by atoms with E-state index < -0.39 is 53.9 Å². The first-order valence-corrected chi connectivity index (χ1v) is 9.31. The first kappa shape index (κ1) is 22.7. The molecule has 0 aromatic heterocycles. The molecule has 1 N–H and O–H groups in total. The number of ether oxygens (including phenoxy) is 1. The van der Waals surface area contributed by atoms with E-state index in [0.717, 1.165) is 12.1 Å². The molecule has 2 aromatic carbocycles. The van der Waals surface area contributed by atoms with Crippen LogP contribution in [0.3, 0.4) is 0 Å². The van der Waals surface area contributed by atoms with Crippen LogP contribution in [0, 0.1) is 23.3 Å². The fourth-order valence-corrected chi connectivity index (χ4v) is 2.84. The summed E-state index contributed by atoms with van der Waals surface area (Å²) in [5.74, 6) is -6.19. The third-order valence-corrected chi connectivity index (χ3v) is 4.35. The van der Waals surface area contributed by atoms with Crippen molar-refractivity contribution in [3.05, 3.63) is 58.1 Å². The van der Waals surface area contributed by atoms with Crippen molar-refractivity contribution in [1.82, 2.24) is 4.90 Å². The van der Waals surface area contributed by atoms with Crippen LogP contribution in [0.25, 0.3) is 0 Å². The van der Waals surface area contributed by atoms with Crippen LogP contribution in [0.2, 0.25) is 0 Å². The van der Waals surface area contributed by atoms with Crippen molar-refractivity contribution < 1.29 is 31.9 Å². The van der Waals surface area contributed by atoms with Crippen LogP contribution in [0.15, 0.2) is 34.8 Å². The summed E-state index contributed by atoms with van der Waals surface area (Å²) in [5.41, 5.74) is -0.538. The molecule has 0 aliphatic heterocycles. The number of carbonyl (C=O) groups excluding carboxylic acids is 2. The molecule has 0 heterocycles. The Morgan fingerprint density at radius 1 is 1.10 bits per heavy atom. The third-order valence-electron chi connectivity index (χ3n) is 3.74. The molecule has 0 unspecified atom stereocenters. The average molecular weight is 477 g/mol. The topological polar surface area (TPSA) is 58.6 Å². The predicted octanol–water partition coefficient (Wildman–Crippen LogP) is 4.26. The van der Waals surface area contributed by atoms with Crippen LogP contribution in [-0.4, -0.2) is 36.4 Å². The van der Waals surface area contributed by atoms with E-state index in [9.17, 15) is 27.2 Å². The molecule has 0 fully saturated rings. The highest BCUT2D eigenvalue weighted by Gasteiger charge is 2.20. The van der Waals surface area contributed by atoms with Gasteiger partial charge in [0.1, 0.15) is 11.6 Å². The Balaban J connectivity index is 2.00. The number of carbonyl (C=O) groups is 2. The van der Waals surface area contributed by atoms with Gasteiger partial charge in [-0.3, -0.25) is 9.59 Å². The fraction of sp³-hybridized carbons (Fsp3) is 0.263. The highest BCUT2D eigenvalue weighted by Crippen LogP contribution is 2.25. The number of rotatable bonds is 8. The first-order valence-electron chi connectivity index (χ1n) is 8.51. The number of amides is 2. The number of nitrogens with one attached hydrogen (secondary N) is 1. The van der Waals surface area contributed by atoms with Crippen LogP contribution in [0.1, 0.15) is 13.3 Å². The lowest BCUT2D eigenvalue weighted by Gasteiger charge is -2.22. The van der Waals surface area contributed by atoms with Gasteiger partial charge in [-0.05, 0) is 52.7 Å². The van der Waals surface area contributed by atoms with Gasteiger partial charge in [-0.2, -0.15) is 0 Å². The Kier molecular flexibility index (Phi) is 8.00. The monoisotopic (exact) mass is 476 g/mol. The standard InChI is InChI=1S/C19H17BrF4N2O3/c1-2-7-26(17(28)10-29-15-6-3-11(21)8-12(15)20)9-16(27)25-14-5-4-13(22)18(23)19(14)24/h3-6,8H,2,7,9-10H2,1H3,(H,25,27). The molecular formula is C19H17BrF4N2O3. The van der Waals surface area contributed by atoms with Gasteiger partial charge in [-0.25, -0.2) is 17.6 Å². The van der Waals surface area contributed by atoms with Crippen molar-refractivity contribution >= 4 is 33.4 Å². The summed E-state index contributed by atoms with van der Waals surface area (Å²) < 4.78 is 58.7. The second-order valence-electron chi connectivity index (χ2n) is 5.95. The number of hydrogen-bond donors (Lipinski definition) is 1. The molecule has 2 amide bonds. The van der Waals surface area contributed by atoms with Gasteiger partial charge in [-0.15, -0.1) is 0 Å². The molecule has 0 spiro atoms. The molecule has 0 saturated carbocycles. The van der Waals surface area contributed by atoms with E-state index in [1.165, 1.54) is 17.0 Å². The van der Waals surface area contributed by atoms with Gasteiger partial charge in [0.2, 0.25) is 5.91 Å². The molecule has 10 heteroatoms. The lowest BCUT2D eigenvalue weighted by molar-refractivity contribution is -0.136. The molecule has 0 atom stereocenters. The summed E-state index contributed by atoms with van der Waals surface area (Å²) in [6, 6.07) is 5.24. The Morgan fingerprint density at radius 3 is 2.48 bits per heavy atom. The zero-order chi connectivity index (χ0) is 21.6. The molecule has 29 heavy (non-hydrogen) atoms. The highest BCUT2D eigenvalue weighted by molar-refractivity contribution is 9.10. The molecule has 0 aliphatic carbocycles. The van der Waals surface area contributed by atoms with Crippen molar-refractivity contribution in [2.75, 3.05) is 25.0 Å². The van der Waals surface area contributed by atoms with Gasteiger partial charge in [-0.1, -0.05) is 6.92 Å². The Labute approximate surface area is 172 Å². The molecule has 5 nitrogen and oxygen atoms in total. The van der Waals surface area contributed by atoms with Gasteiger partial charge in [0.25, 0.3) is 5.91 Å². The van der Waals surface area contributed by atoms with Gasteiger partial charge < -0.3 is 15.0 Å². The van der Waals surface area contributed by atoms with E-state index in [2.05, 4.69) is 21.2 Å². The van der Waals surface area contributed by atoms with Crippen LogP contribution in [0.4, 0.5) is 23.2 Å². The van der Waals surface area contributed by atoms with Crippen LogP contribution in [0.5, 0.6) is 5.75 Å². The summed E-state index contributed by atoms with van der Waals surface area (Å²) in [7, 11) is 0. The second kappa shape index (κ2) is 10.2. The van der Waals surface area contributed by atoms with Crippen LogP contribution >= 0.6 is 15.9 Å². The minimum Gasteiger partial charge on any atom is -0.483 e. The number of nitrogens with zero attached hydrogens (tertiary/aromatic N) is 1. The number of hydrogen-bond acceptors (Lipinski definition) is 3. The molecule has 0 aliphatic rings. The zero-order valence-corrected chi connectivity index (χ0v) is 16.9. The maximum atomic E-state index is 13.7. The summed E-state index contributed by atoms with van der Waals surface area (Å²) in [4.78, 5) is 25.7. The van der Waals surface area contributed by atoms with Gasteiger partial charge >= 0.3 is 0 Å². The summed E-state index contributed by atoms with van der Waals surface area (Å²) in [6.45, 7) is 1.13. The molecular weight excluding hydrogens is 460 g/mol. The van der Waals surface area contributed by atoms with E-state index in [1.54, 1.807) is 6.92 Å². The lowest BCUT2D eigenvalue weighted by Crippen LogP contribution is -2.41. The quantitative estimate of drug-likeness (QED) is 0.457. The molecule has 2 aromatic rings. The molecule has 156 valence electrons. The van der Waals surface area contributed by atoms with E-state index in [0.29, 0.717) is 17.0 Å². The van der Waals surface area contributed by atoms with Crippen molar-refractivity contribution in [1.29, 1.82) is 0 Å². The van der Waals surface area contributed by atoms with Crippen molar-refractivity contribution in [2.45, 2.75) is 13.3 Å². The first-order chi connectivity index (χ1) is 13.7. The van der Waals surface area contributed by atoms with Gasteiger partial charge in [0.15, 0.2) is 24.1 Å². The molecule has 0 radical (unpaired) electrons. The van der Waals surface area contributed by atoms with E-state index in [4.69, 9.17) is 4.74 Å². The maximum Gasteiger partial charge on any atom is 0.260 e. The fourth-order valence-electron chi connectivity index (χ4n) is 2.37. The lowest BCUT2D eigenvalue weighted by atomic mass is 10.2. The molecule has 0 saturated heterocycles. The number of anilines is 1. The minimum atomic E-state index is -1.71. The predicted molar refractivity (Wildman–Crippen MR) is 101 cm³/mol. The van der Waals surface area contributed by atoms with E-state index >= 15 is 0 Å². The highest BCUT2D eigenvalue weighted by atomic mass is 79.9. The third kappa shape index (κ3) is 6.18. The molecule has 0 bridgehead atoms. The van der Waals surface area contributed by atoms with Crippen LogP contribution in [-0.2, 0) is 9.59 Å². The maximum absolute atomic E-state index is 13.7. The van der Waals surface area contributed by atoms with E-state index in [-0.39, 0.29) is 12.3 Å². The number of benzene rings is 2. The van der Waals surface area contributed by atoms with E-state index in [1.807, 2.05) is 0 Å². The smallest absolute Gasteiger partial charge is 0.260 e. The zero-order valence-electron chi connectivity index (χ0n) is 15.3. The van der Waals surface area contributed by atoms with Crippen molar-refractivity contribution in [2.24, 2.45) is 0 Å². The normalized spacial score (nSPS) is 10.6. The molecule has 2 rings (SSSR count). The summed E-state index contributed by atoms with van der Waals surface area (Å²) in [5, 5.41) is 2.11.